The van der Waals surface area contributed by atoms with Crippen LogP contribution in [0.15, 0.2) is 42.5 Å². The molecule has 2 aromatic rings. The standard InChI is InChI=1S/C21H25NO2.ClH/c1-22(2)12-14(23)13-24-20-9-5-8-18-17-10-11-19(21(18)20)16-7-4-3-6-15(16)17;/h3-9,14,17,19,23H,10-13H2,1-2H3;1H. The van der Waals surface area contributed by atoms with Crippen molar-refractivity contribution in [1.82, 2.24) is 4.90 Å². The van der Waals surface area contributed by atoms with E-state index >= 15 is 0 Å². The minimum Gasteiger partial charge on any atom is -0.491 e. The molecule has 134 valence electrons. The summed E-state index contributed by atoms with van der Waals surface area (Å²) in [7, 11) is 3.92. The van der Waals surface area contributed by atoms with E-state index in [2.05, 4.69) is 42.5 Å². The minimum atomic E-state index is -0.469. The Morgan fingerprint density at radius 3 is 2.36 bits per heavy atom. The molecule has 3 aliphatic carbocycles. The van der Waals surface area contributed by atoms with Crippen molar-refractivity contribution in [1.29, 1.82) is 0 Å². The van der Waals surface area contributed by atoms with Gasteiger partial charge in [-0.05, 0) is 49.7 Å². The third-order valence-corrected chi connectivity index (χ3v) is 5.32. The normalized spacial score (nSPS) is 21.3. The van der Waals surface area contributed by atoms with E-state index in [-0.39, 0.29) is 12.4 Å². The monoisotopic (exact) mass is 359 g/mol. The second-order valence-corrected chi connectivity index (χ2v) is 7.30. The second-order valence-electron chi connectivity index (χ2n) is 7.30. The zero-order valence-electron chi connectivity index (χ0n) is 14.8. The number of rotatable bonds is 5. The van der Waals surface area contributed by atoms with Crippen LogP contribution in [0.2, 0.25) is 0 Å². The van der Waals surface area contributed by atoms with E-state index in [1.54, 1.807) is 0 Å². The van der Waals surface area contributed by atoms with Gasteiger partial charge < -0.3 is 14.7 Å². The highest BCUT2D eigenvalue weighted by Gasteiger charge is 2.38. The summed E-state index contributed by atoms with van der Waals surface area (Å²) in [6, 6.07) is 15.3. The van der Waals surface area contributed by atoms with Crippen LogP contribution < -0.4 is 4.74 Å². The number of ether oxygens (including phenoxy) is 1. The molecule has 0 radical (unpaired) electrons. The van der Waals surface area contributed by atoms with E-state index < -0.39 is 6.10 Å². The molecule has 3 aliphatic rings. The van der Waals surface area contributed by atoms with Crippen molar-refractivity contribution in [3.8, 4) is 5.75 Å². The summed E-state index contributed by atoms with van der Waals surface area (Å²) in [5.74, 6) is 1.88. The van der Waals surface area contributed by atoms with Crippen molar-refractivity contribution in [3.63, 3.8) is 0 Å². The van der Waals surface area contributed by atoms with Crippen LogP contribution in [-0.2, 0) is 0 Å². The smallest absolute Gasteiger partial charge is 0.123 e. The molecule has 2 bridgehead atoms. The average Bonchev–Trinajstić information content (AvgIpc) is 2.60. The lowest BCUT2D eigenvalue weighted by molar-refractivity contribution is 0.0824. The Kier molecular flexibility index (Phi) is 5.38. The first-order valence-electron chi connectivity index (χ1n) is 8.82. The van der Waals surface area contributed by atoms with E-state index in [4.69, 9.17) is 4.74 Å². The lowest BCUT2D eigenvalue weighted by Gasteiger charge is -2.41. The van der Waals surface area contributed by atoms with Crippen LogP contribution in [0.4, 0.5) is 0 Å². The number of fused-ring (bicyclic) bond motifs is 1. The summed E-state index contributed by atoms with van der Waals surface area (Å²) in [5, 5.41) is 10.1. The molecule has 0 spiro atoms. The summed E-state index contributed by atoms with van der Waals surface area (Å²) in [6.45, 7) is 0.956. The summed E-state index contributed by atoms with van der Waals surface area (Å²) >= 11 is 0. The largest absolute Gasteiger partial charge is 0.491 e. The summed E-state index contributed by atoms with van der Waals surface area (Å²) in [4.78, 5) is 1.98. The van der Waals surface area contributed by atoms with Crippen molar-refractivity contribution in [3.05, 3.63) is 64.7 Å². The van der Waals surface area contributed by atoms with E-state index in [0.29, 0.717) is 25.0 Å². The van der Waals surface area contributed by atoms with Crippen LogP contribution in [0.1, 0.15) is 46.9 Å². The van der Waals surface area contributed by atoms with Gasteiger partial charge in [0.25, 0.3) is 0 Å². The molecule has 0 aliphatic heterocycles. The van der Waals surface area contributed by atoms with E-state index in [1.165, 1.54) is 35.1 Å². The first kappa shape index (κ1) is 18.2. The number of hydrogen-bond donors (Lipinski definition) is 1. The van der Waals surface area contributed by atoms with Crippen LogP contribution in [0.25, 0.3) is 0 Å². The SMILES string of the molecule is CN(C)CC(O)COc1cccc2c1C1CCC2c2ccccc21.Cl. The number of likely N-dealkylation sites (N-methyl/N-ethyl adjacent to an activating group) is 1. The van der Waals surface area contributed by atoms with Crippen LogP contribution in [0, 0.1) is 0 Å². The fourth-order valence-electron chi connectivity index (χ4n) is 4.44. The Bertz CT molecular complexity index is 746. The second kappa shape index (κ2) is 7.36. The maximum atomic E-state index is 10.1. The molecular weight excluding hydrogens is 334 g/mol. The van der Waals surface area contributed by atoms with Gasteiger partial charge in [-0.2, -0.15) is 0 Å². The Morgan fingerprint density at radius 2 is 1.64 bits per heavy atom. The number of benzene rings is 2. The average molecular weight is 360 g/mol. The molecular formula is C21H26ClNO2. The Labute approximate surface area is 156 Å². The molecule has 4 heteroatoms. The maximum absolute atomic E-state index is 10.1. The molecule has 0 saturated carbocycles. The molecule has 5 rings (SSSR count). The van der Waals surface area contributed by atoms with Gasteiger partial charge in [0.15, 0.2) is 0 Å². The first-order chi connectivity index (χ1) is 11.6. The molecule has 0 amide bonds. The van der Waals surface area contributed by atoms with Gasteiger partial charge in [-0.1, -0.05) is 36.4 Å². The van der Waals surface area contributed by atoms with Crippen molar-refractivity contribution in [2.75, 3.05) is 27.2 Å². The molecule has 3 atom stereocenters. The van der Waals surface area contributed by atoms with Crippen LogP contribution in [-0.4, -0.2) is 43.4 Å². The number of aliphatic hydroxyl groups is 1. The van der Waals surface area contributed by atoms with Gasteiger partial charge in [0.05, 0.1) is 0 Å². The van der Waals surface area contributed by atoms with Gasteiger partial charge in [-0.25, -0.2) is 0 Å². The molecule has 0 fully saturated rings. The lowest BCUT2D eigenvalue weighted by atomic mass is 9.63. The number of nitrogens with zero attached hydrogens (tertiary/aromatic N) is 1. The van der Waals surface area contributed by atoms with E-state index in [0.717, 1.165) is 5.75 Å². The topological polar surface area (TPSA) is 32.7 Å². The summed E-state index contributed by atoms with van der Waals surface area (Å²) < 4.78 is 6.06. The van der Waals surface area contributed by atoms with Gasteiger partial charge in [0, 0.05) is 23.9 Å². The molecule has 3 nitrogen and oxygen atoms in total. The van der Waals surface area contributed by atoms with Crippen LogP contribution >= 0.6 is 12.4 Å². The highest BCUT2D eigenvalue weighted by atomic mass is 35.5. The molecule has 1 N–H and O–H groups in total. The molecule has 2 aromatic carbocycles. The Morgan fingerprint density at radius 1 is 1.00 bits per heavy atom. The minimum absolute atomic E-state index is 0. The fraction of sp³-hybridized carbons (Fsp3) is 0.429. The van der Waals surface area contributed by atoms with Gasteiger partial charge in [0.1, 0.15) is 18.5 Å². The number of aliphatic hydroxyl groups excluding tert-OH is 1. The Balaban J connectivity index is 0.00000182. The molecule has 25 heavy (non-hydrogen) atoms. The van der Waals surface area contributed by atoms with Crippen molar-refractivity contribution in [2.45, 2.75) is 30.8 Å². The maximum Gasteiger partial charge on any atom is 0.123 e. The Hall–Kier alpha value is -1.55. The quantitative estimate of drug-likeness (QED) is 0.881. The molecule has 3 unspecified atom stereocenters. The third kappa shape index (κ3) is 3.29. The van der Waals surface area contributed by atoms with Crippen LogP contribution in [0.5, 0.6) is 5.75 Å². The molecule has 0 saturated heterocycles. The van der Waals surface area contributed by atoms with E-state index in [9.17, 15) is 5.11 Å². The summed E-state index contributed by atoms with van der Waals surface area (Å²) in [6.07, 6.45) is 1.94. The predicted molar refractivity (Wildman–Crippen MR) is 103 cm³/mol. The van der Waals surface area contributed by atoms with Gasteiger partial charge in [-0.3, -0.25) is 0 Å². The lowest BCUT2D eigenvalue weighted by Crippen LogP contribution is -2.31. The zero-order valence-corrected chi connectivity index (χ0v) is 15.6. The van der Waals surface area contributed by atoms with Crippen molar-refractivity contribution in [2.24, 2.45) is 0 Å². The van der Waals surface area contributed by atoms with Crippen molar-refractivity contribution < 1.29 is 9.84 Å². The molecule has 0 heterocycles. The highest BCUT2D eigenvalue weighted by Crippen LogP contribution is 2.55. The highest BCUT2D eigenvalue weighted by molar-refractivity contribution is 5.85. The van der Waals surface area contributed by atoms with Gasteiger partial charge in [-0.15, -0.1) is 12.4 Å². The van der Waals surface area contributed by atoms with Gasteiger partial charge in [0.2, 0.25) is 0 Å². The zero-order chi connectivity index (χ0) is 16.7. The summed E-state index contributed by atoms with van der Waals surface area (Å²) in [5.41, 5.74) is 5.73. The number of hydrogen-bond acceptors (Lipinski definition) is 3. The fourth-order valence-corrected chi connectivity index (χ4v) is 4.44. The first-order valence-corrected chi connectivity index (χ1v) is 8.82. The van der Waals surface area contributed by atoms with Gasteiger partial charge >= 0.3 is 0 Å². The number of halogens is 1. The predicted octanol–water partition coefficient (Wildman–Crippen LogP) is 3.78. The van der Waals surface area contributed by atoms with E-state index in [1.807, 2.05) is 19.0 Å². The molecule has 0 aromatic heterocycles. The van der Waals surface area contributed by atoms with Crippen LogP contribution in [0.3, 0.4) is 0 Å². The third-order valence-electron chi connectivity index (χ3n) is 5.32. The van der Waals surface area contributed by atoms with Crippen molar-refractivity contribution >= 4 is 12.4 Å².